The van der Waals surface area contributed by atoms with Crippen LogP contribution in [0.5, 0.6) is 5.75 Å². The lowest BCUT2D eigenvalue weighted by Gasteiger charge is -2.35. The molecule has 0 bridgehead atoms. The molecule has 4 aromatic heterocycles. The summed E-state index contributed by atoms with van der Waals surface area (Å²) < 4.78 is 8.84. The standard InChI is InChI=1S/C28H31ClN10O2/c1-5-39-26-20(11-33-39)24-19(10-31-26)27(36-35-25(24)30-9-18-6-7-23(41-4)21(29)8-18)38-14-22(32-15-38)28(40)37-12-16(2)34-17(3)13-37/h6-8,10-11,14-17,34H,5,9,12-13H2,1-4H3,(H,30,35). The molecule has 2 atom stereocenters. The van der Waals surface area contributed by atoms with Crippen LogP contribution in [0.15, 0.2) is 43.1 Å². The Morgan fingerprint density at radius 1 is 1.15 bits per heavy atom. The molecule has 1 fully saturated rings. The van der Waals surface area contributed by atoms with Gasteiger partial charge in [0, 0.05) is 61.4 Å². The van der Waals surface area contributed by atoms with Crippen molar-refractivity contribution in [3.8, 4) is 11.6 Å². The first-order valence-electron chi connectivity index (χ1n) is 13.5. The molecule has 5 heterocycles. The lowest BCUT2D eigenvalue weighted by molar-refractivity contribution is 0.0668. The van der Waals surface area contributed by atoms with Gasteiger partial charge in [0.05, 0.1) is 23.7 Å². The molecule has 13 heteroatoms. The second-order valence-electron chi connectivity index (χ2n) is 10.3. The van der Waals surface area contributed by atoms with Crippen LogP contribution >= 0.6 is 11.6 Å². The molecule has 1 aliphatic heterocycles. The number of methoxy groups -OCH3 is 1. The third kappa shape index (κ3) is 5.04. The van der Waals surface area contributed by atoms with Gasteiger partial charge in [0.2, 0.25) is 0 Å². The lowest BCUT2D eigenvalue weighted by atomic mass is 10.1. The molecule has 0 radical (unpaired) electrons. The van der Waals surface area contributed by atoms with E-state index in [1.807, 2.05) is 34.7 Å². The van der Waals surface area contributed by atoms with Gasteiger partial charge >= 0.3 is 0 Å². The third-order valence-corrected chi connectivity index (χ3v) is 7.55. The number of halogens is 1. The third-order valence-electron chi connectivity index (χ3n) is 7.26. The Labute approximate surface area is 241 Å². The van der Waals surface area contributed by atoms with E-state index in [1.54, 1.807) is 36.6 Å². The van der Waals surface area contributed by atoms with E-state index in [1.165, 1.54) is 0 Å². The molecular formula is C28H31ClN10O2. The smallest absolute Gasteiger partial charge is 0.274 e. The summed E-state index contributed by atoms with van der Waals surface area (Å²) in [6.45, 7) is 8.56. The summed E-state index contributed by atoms with van der Waals surface area (Å²) in [7, 11) is 1.59. The molecule has 2 unspecified atom stereocenters. The maximum atomic E-state index is 13.3. The van der Waals surface area contributed by atoms with Gasteiger partial charge in [-0.3, -0.25) is 9.36 Å². The number of imidazole rings is 1. The Morgan fingerprint density at radius 3 is 2.68 bits per heavy atom. The molecule has 12 nitrogen and oxygen atoms in total. The molecule has 1 saturated heterocycles. The number of rotatable bonds is 7. The molecule has 6 rings (SSSR count). The van der Waals surface area contributed by atoms with Crippen molar-refractivity contribution in [2.45, 2.75) is 45.9 Å². The fourth-order valence-corrected chi connectivity index (χ4v) is 5.69. The zero-order valence-electron chi connectivity index (χ0n) is 23.3. The largest absolute Gasteiger partial charge is 0.495 e. The second kappa shape index (κ2) is 10.9. The number of benzene rings is 1. The Kier molecular flexibility index (Phi) is 7.18. The molecule has 1 amide bonds. The minimum absolute atomic E-state index is 0.109. The van der Waals surface area contributed by atoms with Crippen molar-refractivity contribution in [3.63, 3.8) is 0 Å². The van der Waals surface area contributed by atoms with E-state index in [0.717, 1.165) is 27.4 Å². The number of amides is 1. The van der Waals surface area contributed by atoms with Gasteiger partial charge in [0.1, 0.15) is 17.8 Å². The highest BCUT2D eigenvalue weighted by atomic mass is 35.5. The van der Waals surface area contributed by atoms with Crippen molar-refractivity contribution in [1.29, 1.82) is 0 Å². The zero-order valence-corrected chi connectivity index (χ0v) is 24.1. The van der Waals surface area contributed by atoms with Crippen LogP contribution in [-0.4, -0.2) is 77.6 Å². The van der Waals surface area contributed by atoms with Crippen molar-refractivity contribution < 1.29 is 9.53 Å². The summed E-state index contributed by atoms with van der Waals surface area (Å²) in [5.41, 5.74) is 2.06. The highest BCUT2D eigenvalue weighted by molar-refractivity contribution is 6.32. The average molecular weight is 575 g/mol. The number of anilines is 1. The number of aryl methyl sites for hydroxylation is 1. The molecular weight excluding hydrogens is 544 g/mol. The summed E-state index contributed by atoms with van der Waals surface area (Å²) >= 11 is 6.34. The number of pyridine rings is 1. The van der Waals surface area contributed by atoms with Crippen LogP contribution in [0, 0.1) is 0 Å². The van der Waals surface area contributed by atoms with Gasteiger partial charge in [-0.25, -0.2) is 14.6 Å². The Bertz CT molecular complexity index is 1740. The van der Waals surface area contributed by atoms with Gasteiger partial charge in [0.25, 0.3) is 5.91 Å². The molecule has 41 heavy (non-hydrogen) atoms. The van der Waals surface area contributed by atoms with Crippen LogP contribution < -0.4 is 15.4 Å². The number of carbonyl (C=O) groups is 1. The Hall–Kier alpha value is -4.29. The summed E-state index contributed by atoms with van der Waals surface area (Å²) in [4.78, 5) is 24.3. The van der Waals surface area contributed by atoms with E-state index >= 15 is 0 Å². The predicted molar refractivity (Wildman–Crippen MR) is 157 cm³/mol. The molecule has 0 saturated carbocycles. The van der Waals surface area contributed by atoms with Crippen LogP contribution in [-0.2, 0) is 13.1 Å². The van der Waals surface area contributed by atoms with E-state index in [0.29, 0.717) is 54.3 Å². The van der Waals surface area contributed by atoms with Gasteiger partial charge < -0.3 is 20.3 Å². The van der Waals surface area contributed by atoms with Gasteiger partial charge in [-0.2, -0.15) is 5.10 Å². The second-order valence-corrected chi connectivity index (χ2v) is 10.7. The zero-order chi connectivity index (χ0) is 28.7. The first-order valence-corrected chi connectivity index (χ1v) is 13.9. The lowest BCUT2D eigenvalue weighted by Crippen LogP contribution is -2.55. The first kappa shape index (κ1) is 26.9. The average Bonchev–Trinajstić information content (AvgIpc) is 3.62. The molecule has 212 valence electrons. The topological polar surface area (TPSA) is 128 Å². The van der Waals surface area contributed by atoms with Gasteiger partial charge in [-0.05, 0) is 38.5 Å². The number of hydrogen-bond acceptors (Lipinski definition) is 9. The number of carbonyl (C=O) groups excluding carboxylic acids is 1. The number of aromatic nitrogens is 7. The van der Waals surface area contributed by atoms with E-state index in [-0.39, 0.29) is 18.0 Å². The van der Waals surface area contributed by atoms with Crippen LogP contribution in [0.4, 0.5) is 5.82 Å². The molecule has 0 spiro atoms. The maximum absolute atomic E-state index is 13.3. The predicted octanol–water partition coefficient (Wildman–Crippen LogP) is 3.68. The first-order chi connectivity index (χ1) is 19.9. The summed E-state index contributed by atoms with van der Waals surface area (Å²) in [6, 6.07) is 6.06. The minimum Gasteiger partial charge on any atom is -0.495 e. The van der Waals surface area contributed by atoms with Crippen LogP contribution in [0.1, 0.15) is 36.8 Å². The quantitative estimate of drug-likeness (QED) is 0.299. The molecule has 0 aliphatic carbocycles. The van der Waals surface area contributed by atoms with Crippen molar-refractivity contribution in [1.82, 2.24) is 44.7 Å². The molecule has 1 aliphatic rings. The van der Waals surface area contributed by atoms with E-state index in [2.05, 4.69) is 44.8 Å². The van der Waals surface area contributed by atoms with Gasteiger partial charge in [0.15, 0.2) is 17.3 Å². The number of hydrogen-bond donors (Lipinski definition) is 2. The van der Waals surface area contributed by atoms with Crippen LogP contribution in [0.2, 0.25) is 5.02 Å². The minimum atomic E-state index is -0.109. The number of fused-ring (bicyclic) bond motifs is 3. The molecule has 1 aromatic carbocycles. The summed E-state index contributed by atoms with van der Waals surface area (Å²) in [5, 5.41) is 23.4. The number of ether oxygens (including phenoxy) is 1. The number of nitrogens with one attached hydrogen (secondary N) is 2. The Balaban J connectivity index is 1.38. The van der Waals surface area contributed by atoms with Crippen molar-refractivity contribution in [2.24, 2.45) is 0 Å². The number of nitrogens with zero attached hydrogens (tertiary/aromatic N) is 8. The van der Waals surface area contributed by atoms with Crippen LogP contribution in [0.3, 0.4) is 0 Å². The van der Waals surface area contributed by atoms with E-state index < -0.39 is 0 Å². The highest BCUT2D eigenvalue weighted by Gasteiger charge is 2.27. The fourth-order valence-electron chi connectivity index (χ4n) is 5.41. The molecule has 2 N–H and O–H groups in total. The summed E-state index contributed by atoms with van der Waals surface area (Å²) in [6.07, 6.45) is 6.86. The number of piperazine rings is 1. The van der Waals surface area contributed by atoms with Crippen molar-refractivity contribution in [3.05, 3.63) is 59.4 Å². The van der Waals surface area contributed by atoms with Crippen molar-refractivity contribution in [2.75, 3.05) is 25.5 Å². The fraction of sp³-hybridized carbons (Fsp3) is 0.357. The normalized spacial score (nSPS) is 17.3. The van der Waals surface area contributed by atoms with E-state index in [9.17, 15) is 4.79 Å². The van der Waals surface area contributed by atoms with Gasteiger partial charge in [-0.1, -0.05) is 17.7 Å². The van der Waals surface area contributed by atoms with Crippen LogP contribution in [0.25, 0.3) is 27.6 Å². The van der Waals surface area contributed by atoms with Gasteiger partial charge in [-0.15, -0.1) is 10.2 Å². The van der Waals surface area contributed by atoms with E-state index in [4.69, 9.17) is 21.3 Å². The molecule has 5 aromatic rings. The Morgan fingerprint density at radius 2 is 1.95 bits per heavy atom. The SMILES string of the molecule is CCn1ncc2c3c(NCc4ccc(OC)c(Cl)c4)nnc(-n4cnc(C(=O)N5CC(C)NC(C)C5)c4)c3cnc21. The maximum Gasteiger partial charge on any atom is 0.274 e. The highest BCUT2D eigenvalue weighted by Crippen LogP contribution is 2.32. The summed E-state index contributed by atoms with van der Waals surface area (Å²) in [5.74, 6) is 1.61. The monoisotopic (exact) mass is 574 g/mol. The van der Waals surface area contributed by atoms with Crippen molar-refractivity contribution >= 4 is 45.1 Å².